The summed E-state index contributed by atoms with van der Waals surface area (Å²) in [4.78, 5) is 12.8. The molecule has 0 radical (unpaired) electrons. The second-order valence-electron chi connectivity index (χ2n) is 5.51. The van der Waals surface area contributed by atoms with Crippen LogP contribution in [0.2, 0.25) is 0 Å². The van der Waals surface area contributed by atoms with Crippen LogP contribution < -0.4 is 18.9 Å². The van der Waals surface area contributed by atoms with E-state index in [1.165, 1.54) is 7.11 Å². The number of ether oxygens (including phenoxy) is 4. The standard InChI is InChI=1S/C20H17NO5/c1-23-15-4-6-17-16(11-15)20(22)14(12-26-17)9-13-3-5-18(25-8-7-21)19(10-13)24-2/h3-6,9-11H,8,12H2,1-2H3/b14-9+. The predicted octanol–water partition coefficient (Wildman–Crippen LogP) is 3.26. The Bertz CT molecular complexity index is 911. The van der Waals surface area contributed by atoms with Crippen molar-refractivity contribution < 1.29 is 23.7 Å². The van der Waals surface area contributed by atoms with E-state index >= 15 is 0 Å². The van der Waals surface area contributed by atoms with Crippen LogP contribution in [0.15, 0.2) is 42.0 Å². The summed E-state index contributed by atoms with van der Waals surface area (Å²) < 4.78 is 21.4. The third-order valence-electron chi connectivity index (χ3n) is 3.93. The molecule has 2 aromatic rings. The van der Waals surface area contributed by atoms with E-state index in [9.17, 15) is 4.79 Å². The molecule has 0 atom stereocenters. The minimum absolute atomic E-state index is 0.0677. The quantitative estimate of drug-likeness (QED) is 0.770. The zero-order chi connectivity index (χ0) is 18.5. The molecule has 1 heterocycles. The number of rotatable bonds is 5. The number of Topliss-reactive ketones (excluding diaryl/α,β-unsaturated/α-hetero) is 1. The molecule has 0 saturated heterocycles. The van der Waals surface area contributed by atoms with Crippen molar-refractivity contribution in [1.29, 1.82) is 5.26 Å². The van der Waals surface area contributed by atoms with E-state index in [1.807, 2.05) is 6.07 Å². The highest BCUT2D eigenvalue weighted by atomic mass is 16.5. The molecule has 0 spiro atoms. The van der Waals surface area contributed by atoms with Crippen molar-refractivity contribution in [2.75, 3.05) is 27.4 Å². The molecular weight excluding hydrogens is 334 g/mol. The third-order valence-corrected chi connectivity index (χ3v) is 3.93. The number of nitrogens with zero attached hydrogens (tertiary/aromatic N) is 1. The highest BCUT2D eigenvalue weighted by Gasteiger charge is 2.24. The van der Waals surface area contributed by atoms with Gasteiger partial charge in [-0.2, -0.15) is 5.26 Å². The number of nitriles is 1. The number of carbonyl (C=O) groups excluding carboxylic acids is 1. The van der Waals surface area contributed by atoms with Crippen molar-refractivity contribution in [2.45, 2.75) is 0 Å². The van der Waals surface area contributed by atoms with Gasteiger partial charge >= 0.3 is 0 Å². The summed E-state index contributed by atoms with van der Waals surface area (Å²) in [6.45, 7) is 0.120. The molecule has 0 N–H and O–H groups in total. The number of fused-ring (bicyclic) bond motifs is 1. The fourth-order valence-electron chi connectivity index (χ4n) is 2.65. The predicted molar refractivity (Wildman–Crippen MR) is 94.9 cm³/mol. The number of hydrogen-bond donors (Lipinski definition) is 0. The zero-order valence-electron chi connectivity index (χ0n) is 14.4. The van der Waals surface area contributed by atoms with Gasteiger partial charge in [-0.15, -0.1) is 0 Å². The van der Waals surface area contributed by atoms with Gasteiger partial charge in [0.1, 0.15) is 24.2 Å². The fourth-order valence-corrected chi connectivity index (χ4v) is 2.65. The largest absolute Gasteiger partial charge is 0.497 e. The van der Waals surface area contributed by atoms with Gasteiger partial charge in [0.05, 0.1) is 19.8 Å². The summed E-state index contributed by atoms with van der Waals surface area (Å²) >= 11 is 0. The lowest BCUT2D eigenvalue weighted by Crippen LogP contribution is -2.19. The van der Waals surface area contributed by atoms with E-state index in [4.69, 9.17) is 24.2 Å². The van der Waals surface area contributed by atoms with Crippen molar-refractivity contribution in [3.63, 3.8) is 0 Å². The maximum absolute atomic E-state index is 12.8. The highest BCUT2D eigenvalue weighted by molar-refractivity contribution is 6.14. The average molecular weight is 351 g/mol. The first-order chi connectivity index (χ1) is 12.7. The maximum Gasteiger partial charge on any atom is 0.196 e. The molecule has 0 aromatic heterocycles. The molecule has 6 heteroatoms. The van der Waals surface area contributed by atoms with Gasteiger partial charge in [-0.3, -0.25) is 4.79 Å². The monoisotopic (exact) mass is 351 g/mol. The van der Waals surface area contributed by atoms with Crippen LogP contribution in [-0.4, -0.2) is 33.2 Å². The van der Waals surface area contributed by atoms with E-state index in [-0.39, 0.29) is 19.0 Å². The Labute approximate surface area is 151 Å². The Morgan fingerprint density at radius 2 is 2.00 bits per heavy atom. The summed E-state index contributed by atoms with van der Waals surface area (Å²) in [5, 5.41) is 8.62. The summed E-state index contributed by atoms with van der Waals surface area (Å²) in [5.41, 5.74) is 1.77. The lowest BCUT2D eigenvalue weighted by atomic mass is 9.98. The highest BCUT2D eigenvalue weighted by Crippen LogP contribution is 2.33. The zero-order valence-corrected chi connectivity index (χ0v) is 14.4. The molecule has 0 aliphatic carbocycles. The summed E-state index contributed by atoms with van der Waals surface area (Å²) in [7, 11) is 3.07. The molecule has 6 nitrogen and oxygen atoms in total. The van der Waals surface area contributed by atoms with Crippen molar-refractivity contribution in [2.24, 2.45) is 0 Å². The molecule has 3 rings (SSSR count). The smallest absolute Gasteiger partial charge is 0.196 e. The number of hydrogen-bond acceptors (Lipinski definition) is 6. The topological polar surface area (TPSA) is 77.8 Å². The van der Waals surface area contributed by atoms with E-state index in [0.717, 1.165) is 5.56 Å². The van der Waals surface area contributed by atoms with E-state index < -0.39 is 0 Å². The van der Waals surface area contributed by atoms with Crippen molar-refractivity contribution in [3.8, 4) is 29.1 Å². The Kier molecular flexibility index (Phi) is 5.09. The second-order valence-corrected chi connectivity index (χ2v) is 5.51. The normalized spacial score (nSPS) is 14.2. The van der Waals surface area contributed by atoms with Gasteiger partial charge in [0.25, 0.3) is 0 Å². The minimum atomic E-state index is -0.103. The van der Waals surface area contributed by atoms with Crippen LogP contribution in [-0.2, 0) is 0 Å². The molecule has 2 aromatic carbocycles. The Morgan fingerprint density at radius 3 is 2.73 bits per heavy atom. The molecule has 0 saturated carbocycles. The Balaban J connectivity index is 1.90. The fraction of sp³-hybridized carbons (Fsp3) is 0.200. The van der Waals surface area contributed by atoms with Crippen molar-refractivity contribution >= 4 is 11.9 Å². The number of carbonyl (C=O) groups is 1. The van der Waals surface area contributed by atoms with E-state index in [1.54, 1.807) is 49.6 Å². The molecule has 0 bridgehead atoms. The average Bonchev–Trinajstić information content (AvgIpc) is 2.68. The van der Waals surface area contributed by atoms with Gasteiger partial charge in [-0.25, -0.2) is 0 Å². The first kappa shape index (κ1) is 17.4. The minimum Gasteiger partial charge on any atom is -0.497 e. The lowest BCUT2D eigenvalue weighted by Gasteiger charge is -2.19. The van der Waals surface area contributed by atoms with Gasteiger partial charge in [0.2, 0.25) is 0 Å². The molecule has 0 amide bonds. The van der Waals surface area contributed by atoms with Gasteiger partial charge in [-0.1, -0.05) is 6.07 Å². The third kappa shape index (κ3) is 3.47. The molecule has 0 unspecified atom stereocenters. The number of ketones is 1. The molecule has 1 aliphatic heterocycles. The van der Waals surface area contributed by atoms with Gasteiger partial charge in [-0.05, 0) is 42.0 Å². The van der Waals surface area contributed by atoms with E-state index in [0.29, 0.717) is 34.1 Å². The van der Waals surface area contributed by atoms with Gasteiger partial charge < -0.3 is 18.9 Å². The van der Waals surface area contributed by atoms with Crippen molar-refractivity contribution in [1.82, 2.24) is 0 Å². The van der Waals surface area contributed by atoms with Crippen LogP contribution in [0.4, 0.5) is 0 Å². The van der Waals surface area contributed by atoms with Gasteiger partial charge in [0.15, 0.2) is 23.9 Å². The van der Waals surface area contributed by atoms with Crippen LogP contribution in [0.3, 0.4) is 0 Å². The summed E-state index contributed by atoms with van der Waals surface area (Å²) in [6.07, 6.45) is 1.75. The van der Waals surface area contributed by atoms with Crippen LogP contribution in [0, 0.1) is 11.3 Å². The maximum atomic E-state index is 12.8. The van der Waals surface area contributed by atoms with Gasteiger partial charge in [0, 0.05) is 5.57 Å². The molecule has 0 fully saturated rings. The first-order valence-electron chi connectivity index (χ1n) is 7.90. The number of benzene rings is 2. The van der Waals surface area contributed by atoms with Crippen LogP contribution >= 0.6 is 0 Å². The Morgan fingerprint density at radius 1 is 1.15 bits per heavy atom. The second kappa shape index (κ2) is 7.62. The van der Waals surface area contributed by atoms with Crippen molar-refractivity contribution in [3.05, 3.63) is 53.1 Å². The van der Waals surface area contributed by atoms with Crippen LogP contribution in [0.25, 0.3) is 6.08 Å². The van der Waals surface area contributed by atoms with Crippen LogP contribution in [0.5, 0.6) is 23.0 Å². The lowest BCUT2D eigenvalue weighted by molar-refractivity contribution is 0.100. The van der Waals surface area contributed by atoms with E-state index in [2.05, 4.69) is 0 Å². The molecule has 1 aliphatic rings. The Hall–Kier alpha value is -3.46. The SMILES string of the molecule is COc1ccc2c(c1)C(=O)/C(=C/c1ccc(OCC#N)c(OC)c1)CO2. The number of methoxy groups -OCH3 is 2. The van der Waals surface area contributed by atoms with Crippen LogP contribution in [0.1, 0.15) is 15.9 Å². The molecule has 132 valence electrons. The molecule has 26 heavy (non-hydrogen) atoms. The molecular formula is C20H17NO5. The summed E-state index contributed by atoms with van der Waals surface area (Å²) in [6, 6.07) is 12.3. The summed E-state index contributed by atoms with van der Waals surface area (Å²) in [5.74, 6) is 2.00. The first-order valence-corrected chi connectivity index (χ1v) is 7.90.